The van der Waals surface area contributed by atoms with Crippen LogP contribution in [0.5, 0.6) is 0 Å². The molecule has 7 heteroatoms. The van der Waals surface area contributed by atoms with Crippen LogP contribution in [0, 0.1) is 15.3 Å². The lowest BCUT2D eigenvalue weighted by Crippen LogP contribution is -2.23. The summed E-state index contributed by atoms with van der Waals surface area (Å²) in [6.45, 7) is 0. The third-order valence-corrected chi connectivity index (χ3v) is 2.99. The standard InChI is InChI=1S/C9H7NO.C7H5NO4/c11-10-6-5-8-3-1-2-4-9(8)7-10;9-7(10)5-3-1-2-4-6(5)8(11)12/h1-7H;1-4H,(H,9,10). The predicted octanol–water partition coefficient (Wildman–Crippen LogP) is 2.77. The number of carbonyl (C=O) groups is 1. The first kappa shape index (κ1) is 15.9. The SMILES string of the molecule is O=C(O)c1ccccc1[N+](=O)[O-].[O-][n+]1ccc2ccccc2c1. The largest absolute Gasteiger partial charge is 0.619 e. The summed E-state index contributed by atoms with van der Waals surface area (Å²) in [7, 11) is 0. The van der Waals surface area contributed by atoms with Crippen molar-refractivity contribution in [3.63, 3.8) is 0 Å². The summed E-state index contributed by atoms with van der Waals surface area (Å²) in [5.41, 5.74) is -0.674. The number of para-hydroxylation sites is 1. The molecule has 2 aromatic carbocycles. The van der Waals surface area contributed by atoms with Crippen LogP contribution in [-0.2, 0) is 0 Å². The minimum atomic E-state index is -1.29. The van der Waals surface area contributed by atoms with Gasteiger partial charge in [-0.05, 0) is 17.5 Å². The van der Waals surface area contributed by atoms with Crippen LogP contribution in [0.2, 0.25) is 0 Å². The number of aromatic nitrogens is 1. The van der Waals surface area contributed by atoms with Gasteiger partial charge in [0.05, 0.1) is 4.92 Å². The lowest BCUT2D eigenvalue weighted by molar-refractivity contribution is -0.603. The zero-order valence-electron chi connectivity index (χ0n) is 11.8. The summed E-state index contributed by atoms with van der Waals surface area (Å²) in [6.07, 6.45) is 3.07. The first-order valence-corrected chi connectivity index (χ1v) is 6.53. The molecular weight excluding hydrogens is 300 g/mol. The third kappa shape index (κ3) is 4.01. The number of nitrogens with zero attached hydrogens (tertiary/aromatic N) is 2. The summed E-state index contributed by atoms with van der Waals surface area (Å²) in [5, 5.41) is 31.7. The summed E-state index contributed by atoms with van der Waals surface area (Å²) in [4.78, 5) is 20.0. The second kappa shape index (κ2) is 6.99. The van der Waals surface area contributed by atoms with Gasteiger partial charge >= 0.3 is 5.97 Å². The van der Waals surface area contributed by atoms with Crippen LogP contribution in [-0.4, -0.2) is 16.0 Å². The van der Waals surface area contributed by atoms with Gasteiger partial charge in [0.1, 0.15) is 5.56 Å². The Bertz CT molecular complexity index is 831. The number of benzene rings is 2. The smallest absolute Gasteiger partial charge is 0.342 e. The Morgan fingerprint density at radius 2 is 1.61 bits per heavy atom. The molecule has 116 valence electrons. The molecule has 7 nitrogen and oxygen atoms in total. The molecule has 3 rings (SSSR count). The van der Waals surface area contributed by atoms with E-state index in [0.717, 1.165) is 21.6 Å². The maximum Gasteiger partial charge on any atom is 0.342 e. The molecule has 0 bridgehead atoms. The monoisotopic (exact) mass is 312 g/mol. The molecule has 0 saturated carbocycles. The van der Waals surface area contributed by atoms with E-state index in [0.29, 0.717) is 0 Å². The Hall–Kier alpha value is -3.48. The second-order valence-electron chi connectivity index (χ2n) is 4.51. The van der Waals surface area contributed by atoms with Crippen LogP contribution in [0.25, 0.3) is 10.8 Å². The van der Waals surface area contributed by atoms with Gasteiger partial charge in [0, 0.05) is 17.5 Å². The van der Waals surface area contributed by atoms with Crippen molar-refractivity contribution in [2.45, 2.75) is 0 Å². The van der Waals surface area contributed by atoms with E-state index >= 15 is 0 Å². The molecule has 1 N–H and O–H groups in total. The molecule has 0 spiro atoms. The molecule has 0 saturated heterocycles. The van der Waals surface area contributed by atoms with Gasteiger partial charge in [-0.3, -0.25) is 10.1 Å². The molecule has 0 fully saturated rings. The Balaban J connectivity index is 0.000000167. The Kier molecular flexibility index (Phi) is 4.83. The van der Waals surface area contributed by atoms with Crippen LogP contribution in [0.1, 0.15) is 10.4 Å². The van der Waals surface area contributed by atoms with E-state index in [9.17, 15) is 20.1 Å². The molecule has 0 unspecified atom stereocenters. The van der Waals surface area contributed by atoms with Gasteiger partial charge in [0.15, 0.2) is 12.4 Å². The minimum Gasteiger partial charge on any atom is -0.619 e. The van der Waals surface area contributed by atoms with Crippen LogP contribution in [0.4, 0.5) is 5.69 Å². The topological polar surface area (TPSA) is 107 Å². The fraction of sp³-hybridized carbons (Fsp3) is 0. The molecular formula is C16H12N2O5. The number of nitro groups is 1. The fourth-order valence-corrected chi connectivity index (χ4v) is 1.93. The van der Waals surface area contributed by atoms with Crippen LogP contribution in [0.3, 0.4) is 0 Å². The van der Waals surface area contributed by atoms with Gasteiger partial charge in [-0.15, -0.1) is 0 Å². The van der Waals surface area contributed by atoms with Crippen molar-refractivity contribution in [3.8, 4) is 0 Å². The first-order chi connectivity index (χ1) is 11.0. The van der Waals surface area contributed by atoms with Crippen LogP contribution < -0.4 is 4.73 Å². The van der Waals surface area contributed by atoms with E-state index in [2.05, 4.69) is 0 Å². The average molecular weight is 312 g/mol. The number of carboxylic acid groups (broad SMARTS) is 1. The number of fused-ring (bicyclic) bond motifs is 1. The van der Waals surface area contributed by atoms with Crippen molar-refractivity contribution in [2.24, 2.45) is 0 Å². The highest BCUT2D eigenvalue weighted by atomic mass is 16.6. The van der Waals surface area contributed by atoms with E-state index in [4.69, 9.17) is 5.11 Å². The molecule has 0 aliphatic carbocycles. The highest BCUT2D eigenvalue weighted by Gasteiger charge is 2.17. The number of pyridine rings is 1. The highest BCUT2D eigenvalue weighted by molar-refractivity contribution is 5.92. The molecule has 0 aliphatic heterocycles. The molecule has 3 aromatic rings. The number of carboxylic acids is 1. The Morgan fingerprint density at radius 1 is 1.00 bits per heavy atom. The zero-order valence-corrected chi connectivity index (χ0v) is 11.8. The lowest BCUT2D eigenvalue weighted by Gasteiger charge is -1.96. The number of hydrogen-bond acceptors (Lipinski definition) is 4. The Labute approximate surface area is 130 Å². The average Bonchev–Trinajstić information content (AvgIpc) is 2.55. The van der Waals surface area contributed by atoms with Crippen LogP contribution >= 0.6 is 0 Å². The number of aromatic carboxylic acids is 1. The molecule has 0 amide bonds. The van der Waals surface area contributed by atoms with Gasteiger partial charge in [0.25, 0.3) is 5.69 Å². The zero-order chi connectivity index (χ0) is 16.8. The summed E-state index contributed by atoms with van der Waals surface area (Å²) in [6, 6.07) is 14.8. The van der Waals surface area contributed by atoms with Gasteiger partial charge in [0.2, 0.25) is 0 Å². The number of rotatable bonds is 2. The van der Waals surface area contributed by atoms with Gasteiger partial charge in [-0.2, -0.15) is 4.73 Å². The van der Waals surface area contributed by atoms with Gasteiger partial charge in [-0.1, -0.05) is 30.3 Å². The predicted molar refractivity (Wildman–Crippen MR) is 83.0 cm³/mol. The maximum atomic E-state index is 10.8. The molecule has 23 heavy (non-hydrogen) atoms. The maximum absolute atomic E-state index is 10.8. The first-order valence-electron chi connectivity index (χ1n) is 6.53. The van der Waals surface area contributed by atoms with E-state index < -0.39 is 10.9 Å². The normalized spacial score (nSPS) is 9.74. The minimum absolute atomic E-state index is 0.289. The van der Waals surface area contributed by atoms with Crippen molar-refractivity contribution in [3.05, 3.63) is 87.9 Å². The molecule has 1 aromatic heterocycles. The van der Waals surface area contributed by atoms with Gasteiger partial charge < -0.3 is 10.3 Å². The van der Waals surface area contributed by atoms with Crippen molar-refractivity contribution in [1.82, 2.24) is 0 Å². The lowest BCUT2D eigenvalue weighted by atomic mass is 10.2. The second-order valence-corrected chi connectivity index (χ2v) is 4.51. The van der Waals surface area contributed by atoms with Crippen molar-refractivity contribution >= 4 is 22.4 Å². The van der Waals surface area contributed by atoms with Crippen molar-refractivity contribution in [1.29, 1.82) is 0 Å². The summed E-state index contributed by atoms with van der Waals surface area (Å²) >= 11 is 0. The summed E-state index contributed by atoms with van der Waals surface area (Å²) in [5.74, 6) is -1.29. The van der Waals surface area contributed by atoms with E-state index in [1.165, 1.54) is 24.4 Å². The van der Waals surface area contributed by atoms with E-state index in [-0.39, 0.29) is 11.3 Å². The Morgan fingerprint density at radius 3 is 2.22 bits per heavy atom. The molecule has 1 heterocycles. The van der Waals surface area contributed by atoms with Crippen LogP contribution in [0.15, 0.2) is 67.0 Å². The summed E-state index contributed by atoms with van der Waals surface area (Å²) < 4.78 is 0.808. The molecule has 0 radical (unpaired) electrons. The fourth-order valence-electron chi connectivity index (χ4n) is 1.93. The quantitative estimate of drug-likeness (QED) is 0.339. The van der Waals surface area contributed by atoms with Gasteiger partial charge in [-0.25, -0.2) is 4.79 Å². The molecule has 0 aliphatic rings. The van der Waals surface area contributed by atoms with Crippen molar-refractivity contribution in [2.75, 3.05) is 0 Å². The van der Waals surface area contributed by atoms with E-state index in [1.54, 1.807) is 6.20 Å². The van der Waals surface area contributed by atoms with E-state index in [1.807, 2.05) is 30.3 Å². The third-order valence-electron chi connectivity index (χ3n) is 2.99. The highest BCUT2D eigenvalue weighted by Crippen LogP contribution is 2.16. The van der Waals surface area contributed by atoms with Crippen molar-refractivity contribution < 1.29 is 19.6 Å². The molecule has 0 atom stereocenters. The number of hydrogen-bond donors (Lipinski definition) is 1. The number of nitro benzene ring substituents is 1.